The molecule has 0 unspecified atom stereocenters. The van der Waals surface area contributed by atoms with Gasteiger partial charge in [-0.25, -0.2) is 4.79 Å². The molecule has 25 heavy (non-hydrogen) atoms. The summed E-state index contributed by atoms with van der Waals surface area (Å²) in [7, 11) is 0. The molecule has 3 amide bonds. The number of amides is 3. The van der Waals surface area contributed by atoms with Crippen molar-refractivity contribution in [2.24, 2.45) is 5.92 Å². The Kier molecular flexibility index (Phi) is 5.64. The van der Waals surface area contributed by atoms with Gasteiger partial charge in [0.15, 0.2) is 0 Å². The summed E-state index contributed by atoms with van der Waals surface area (Å²) in [6, 6.07) is 16.0. The van der Waals surface area contributed by atoms with Gasteiger partial charge >= 0.3 is 6.03 Å². The molecule has 0 atom stereocenters. The summed E-state index contributed by atoms with van der Waals surface area (Å²) in [6.45, 7) is 1.25. The average molecular weight is 339 g/mol. The fraction of sp³-hybridized carbons (Fsp3) is 0.263. The maximum absolute atomic E-state index is 12.3. The highest BCUT2D eigenvalue weighted by molar-refractivity contribution is 6.00. The zero-order chi connectivity index (χ0) is 17.5. The van der Waals surface area contributed by atoms with E-state index >= 15 is 0 Å². The Balaban J connectivity index is 1.57. The predicted molar refractivity (Wildman–Crippen MR) is 97.7 cm³/mol. The molecule has 3 rings (SSSR count). The van der Waals surface area contributed by atoms with Gasteiger partial charge in [0.1, 0.15) is 0 Å². The summed E-state index contributed by atoms with van der Waals surface area (Å²) in [5, 5.41) is 8.42. The number of hydrogen-bond donors (Lipinski definition) is 3. The van der Waals surface area contributed by atoms with Crippen molar-refractivity contribution in [2.45, 2.75) is 12.8 Å². The molecule has 0 saturated carbocycles. The summed E-state index contributed by atoms with van der Waals surface area (Å²) in [6.07, 6.45) is 1.48. The van der Waals surface area contributed by atoms with Crippen LogP contribution in [0, 0.1) is 5.92 Å². The van der Waals surface area contributed by atoms with E-state index in [9.17, 15) is 9.59 Å². The van der Waals surface area contributed by atoms with Crippen LogP contribution < -0.4 is 16.0 Å². The first kappa shape index (κ1) is 17.0. The van der Waals surface area contributed by atoms with E-state index in [0.717, 1.165) is 12.8 Å². The lowest BCUT2D eigenvalue weighted by atomic mass is 9.99. The van der Waals surface area contributed by atoms with Crippen molar-refractivity contribution in [3.63, 3.8) is 0 Å². The topological polar surface area (TPSA) is 79.5 Å². The van der Waals surface area contributed by atoms with E-state index in [4.69, 9.17) is 4.74 Å². The van der Waals surface area contributed by atoms with Crippen molar-refractivity contribution in [1.29, 1.82) is 0 Å². The first-order valence-electron chi connectivity index (χ1n) is 8.32. The highest BCUT2D eigenvalue weighted by atomic mass is 16.5. The van der Waals surface area contributed by atoms with Crippen LogP contribution in [0.25, 0.3) is 0 Å². The van der Waals surface area contributed by atoms with Gasteiger partial charge in [-0.05, 0) is 43.2 Å². The summed E-state index contributed by atoms with van der Waals surface area (Å²) >= 11 is 0. The Morgan fingerprint density at radius 1 is 0.800 bits per heavy atom. The van der Waals surface area contributed by atoms with Crippen molar-refractivity contribution in [2.75, 3.05) is 29.2 Å². The third kappa shape index (κ3) is 5.06. The molecule has 1 heterocycles. The minimum absolute atomic E-state index is 0.00538. The van der Waals surface area contributed by atoms with Crippen molar-refractivity contribution < 1.29 is 14.3 Å². The molecule has 6 heteroatoms. The molecule has 1 aliphatic rings. The number of nitrogens with one attached hydrogen (secondary N) is 3. The highest BCUT2D eigenvalue weighted by Crippen LogP contribution is 2.20. The molecule has 0 spiro atoms. The van der Waals surface area contributed by atoms with Gasteiger partial charge in [-0.1, -0.05) is 24.3 Å². The molecular weight excluding hydrogens is 318 g/mol. The van der Waals surface area contributed by atoms with Crippen molar-refractivity contribution >= 4 is 29.0 Å². The van der Waals surface area contributed by atoms with Crippen molar-refractivity contribution in [3.05, 3.63) is 54.6 Å². The van der Waals surface area contributed by atoms with Gasteiger partial charge in [0, 0.05) is 36.2 Å². The van der Waals surface area contributed by atoms with E-state index in [0.29, 0.717) is 30.3 Å². The average Bonchev–Trinajstić information content (AvgIpc) is 2.63. The van der Waals surface area contributed by atoms with Crippen LogP contribution in [-0.4, -0.2) is 25.2 Å². The molecule has 0 bridgehead atoms. The van der Waals surface area contributed by atoms with Crippen LogP contribution >= 0.6 is 0 Å². The van der Waals surface area contributed by atoms with Gasteiger partial charge in [0.2, 0.25) is 5.91 Å². The molecule has 0 radical (unpaired) electrons. The van der Waals surface area contributed by atoms with Crippen LogP contribution in [0.15, 0.2) is 54.6 Å². The number of para-hydroxylation sites is 1. The largest absolute Gasteiger partial charge is 0.381 e. The zero-order valence-corrected chi connectivity index (χ0v) is 13.8. The SMILES string of the molecule is O=C(Nc1ccccc1)Nc1cccc(NC(=O)C2CCOCC2)c1. The van der Waals surface area contributed by atoms with Crippen molar-refractivity contribution in [1.82, 2.24) is 0 Å². The quantitative estimate of drug-likeness (QED) is 0.795. The molecule has 6 nitrogen and oxygen atoms in total. The second-order valence-electron chi connectivity index (χ2n) is 5.90. The Labute approximate surface area is 146 Å². The Hall–Kier alpha value is -2.86. The minimum atomic E-state index is -0.334. The highest BCUT2D eigenvalue weighted by Gasteiger charge is 2.21. The van der Waals surface area contributed by atoms with Crippen LogP contribution in [0.1, 0.15) is 12.8 Å². The Morgan fingerprint density at radius 3 is 2.12 bits per heavy atom. The molecule has 1 fully saturated rings. The first-order chi connectivity index (χ1) is 12.2. The number of benzene rings is 2. The van der Waals surface area contributed by atoms with Gasteiger partial charge in [0.25, 0.3) is 0 Å². The lowest BCUT2D eigenvalue weighted by Gasteiger charge is -2.21. The molecule has 0 aliphatic carbocycles. The van der Waals surface area contributed by atoms with Gasteiger partial charge in [0.05, 0.1) is 0 Å². The minimum Gasteiger partial charge on any atom is -0.381 e. The zero-order valence-electron chi connectivity index (χ0n) is 13.8. The number of rotatable bonds is 4. The normalized spacial score (nSPS) is 14.6. The molecule has 0 aromatic heterocycles. The Bertz CT molecular complexity index is 728. The van der Waals surface area contributed by atoms with Gasteiger partial charge in [-0.2, -0.15) is 0 Å². The number of carbonyl (C=O) groups excluding carboxylic acids is 2. The van der Waals surface area contributed by atoms with E-state index in [1.54, 1.807) is 24.3 Å². The lowest BCUT2D eigenvalue weighted by molar-refractivity contribution is -0.122. The Morgan fingerprint density at radius 2 is 1.40 bits per heavy atom. The number of hydrogen-bond acceptors (Lipinski definition) is 3. The lowest BCUT2D eigenvalue weighted by Crippen LogP contribution is -2.28. The standard InChI is InChI=1S/C19H21N3O3/c23-18(14-9-11-25-12-10-14)20-16-7-4-8-17(13-16)22-19(24)21-15-5-2-1-3-6-15/h1-8,13-14H,9-12H2,(H,20,23)(H2,21,22,24). The van der Waals surface area contributed by atoms with Crippen LogP contribution in [-0.2, 0) is 9.53 Å². The third-order valence-electron chi connectivity index (χ3n) is 4.01. The van der Waals surface area contributed by atoms with Crippen LogP contribution in [0.4, 0.5) is 21.9 Å². The van der Waals surface area contributed by atoms with Crippen molar-refractivity contribution in [3.8, 4) is 0 Å². The number of anilines is 3. The van der Waals surface area contributed by atoms with Crippen LogP contribution in [0.5, 0.6) is 0 Å². The van der Waals surface area contributed by atoms with Gasteiger partial charge in [-0.3, -0.25) is 4.79 Å². The number of urea groups is 1. The van der Waals surface area contributed by atoms with Gasteiger partial charge < -0.3 is 20.7 Å². The monoisotopic (exact) mass is 339 g/mol. The van der Waals surface area contributed by atoms with E-state index in [1.807, 2.05) is 30.3 Å². The first-order valence-corrected chi connectivity index (χ1v) is 8.32. The predicted octanol–water partition coefficient (Wildman–Crippen LogP) is 3.70. The maximum Gasteiger partial charge on any atom is 0.323 e. The molecule has 1 aliphatic heterocycles. The summed E-state index contributed by atoms with van der Waals surface area (Å²) < 4.78 is 5.28. The molecule has 3 N–H and O–H groups in total. The van der Waals surface area contributed by atoms with Crippen LogP contribution in [0.2, 0.25) is 0 Å². The third-order valence-corrected chi connectivity index (χ3v) is 4.01. The molecular formula is C19H21N3O3. The van der Waals surface area contributed by atoms with E-state index in [-0.39, 0.29) is 17.9 Å². The van der Waals surface area contributed by atoms with E-state index in [2.05, 4.69) is 16.0 Å². The van der Waals surface area contributed by atoms with Crippen LogP contribution in [0.3, 0.4) is 0 Å². The molecule has 2 aromatic carbocycles. The second-order valence-corrected chi connectivity index (χ2v) is 5.90. The molecule has 2 aromatic rings. The molecule has 1 saturated heterocycles. The number of carbonyl (C=O) groups is 2. The second kappa shape index (κ2) is 8.30. The smallest absolute Gasteiger partial charge is 0.323 e. The fourth-order valence-electron chi connectivity index (χ4n) is 2.69. The summed E-state index contributed by atoms with van der Waals surface area (Å²) in [5.41, 5.74) is 1.98. The van der Waals surface area contributed by atoms with Gasteiger partial charge in [-0.15, -0.1) is 0 Å². The van der Waals surface area contributed by atoms with E-state index < -0.39 is 0 Å². The molecule has 130 valence electrons. The maximum atomic E-state index is 12.3. The fourth-order valence-corrected chi connectivity index (χ4v) is 2.69. The van der Waals surface area contributed by atoms with E-state index in [1.165, 1.54) is 0 Å². The summed E-state index contributed by atoms with van der Waals surface area (Å²) in [4.78, 5) is 24.3. The summed E-state index contributed by atoms with van der Waals surface area (Å²) in [5.74, 6) is -0.0269. The number of ether oxygens (including phenoxy) is 1.